The van der Waals surface area contributed by atoms with Crippen LogP contribution in [0.4, 0.5) is 0 Å². The van der Waals surface area contributed by atoms with Crippen LogP contribution in [0.1, 0.15) is 26.7 Å². The van der Waals surface area contributed by atoms with Crippen molar-refractivity contribution in [1.29, 1.82) is 0 Å². The maximum absolute atomic E-state index is 9.20. The van der Waals surface area contributed by atoms with E-state index in [0.717, 1.165) is 19.4 Å². The fraction of sp³-hybridized carbons (Fsp3) is 1.00. The Morgan fingerprint density at radius 3 is 2.50 bits per heavy atom. The summed E-state index contributed by atoms with van der Waals surface area (Å²) in [6, 6.07) is 0. The van der Waals surface area contributed by atoms with E-state index >= 15 is 0 Å². The summed E-state index contributed by atoms with van der Waals surface area (Å²) in [7, 11) is 1.69. The van der Waals surface area contributed by atoms with Crippen LogP contribution in [0.3, 0.4) is 0 Å². The van der Waals surface area contributed by atoms with E-state index in [4.69, 9.17) is 4.74 Å². The summed E-state index contributed by atoms with van der Waals surface area (Å²) in [6.45, 7) is 4.82. The predicted octanol–water partition coefficient (Wildman–Crippen LogP) is 1.43. The van der Waals surface area contributed by atoms with Crippen molar-refractivity contribution in [3.63, 3.8) is 0 Å². The van der Waals surface area contributed by atoms with Crippen molar-refractivity contribution >= 4 is 0 Å². The average Bonchev–Trinajstić information content (AvgIpc) is 1.88. The molecule has 0 aliphatic heterocycles. The second kappa shape index (κ2) is 5.69. The first kappa shape index (κ1) is 9.92. The molecule has 2 unspecified atom stereocenters. The zero-order chi connectivity index (χ0) is 7.98. The molecular formula is C8H18O2. The Morgan fingerprint density at radius 2 is 2.10 bits per heavy atom. The van der Waals surface area contributed by atoms with E-state index in [1.807, 2.05) is 6.92 Å². The van der Waals surface area contributed by atoms with Gasteiger partial charge in [-0.3, -0.25) is 0 Å². The Bertz CT molecular complexity index is 73.7. The summed E-state index contributed by atoms with van der Waals surface area (Å²) < 4.78 is 4.94. The molecule has 0 saturated carbocycles. The van der Waals surface area contributed by atoms with Gasteiger partial charge in [0, 0.05) is 13.7 Å². The summed E-state index contributed by atoms with van der Waals surface area (Å²) in [6.07, 6.45) is 1.54. The minimum atomic E-state index is -0.148. The highest BCUT2D eigenvalue weighted by atomic mass is 16.5. The molecule has 0 aromatic carbocycles. The Labute approximate surface area is 63.2 Å². The van der Waals surface area contributed by atoms with E-state index < -0.39 is 0 Å². The first-order valence-electron chi connectivity index (χ1n) is 3.87. The molecule has 0 fully saturated rings. The highest BCUT2D eigenvalue weighted by molar-refractivity contribution is 4.58. The molecule has 0 aromatic heterocycles. The molecule has 0 rings (SSSR count). The van der Waals surface area contributed by atoms with E-state index in [-0.39, 0.29) is 6.10 Å². The first-order chi connectivity index (χ1) is 4.70. The average molecular weight is 146 g/mol. The van der Waals surface area contributed by atoms with Gasteiger partial charge in [0.1, 0.15) is 0 Å². The number of hydrogen-bond donors (Lipinski definition) is 1. The van der Waals surface area contributed by atoms with E-state index in [2.05, 4.69) is 6.92 Å². The zero-order valence-corrected chi connectivity index (χ0v) is 7.13. The lowest BCUT2D eigenvalue weighted by Crippen LogP contribution is -2.13. The quantitative estimate of drug-likeness (QED) is 0.635. The minimum absolute atomic E-state index is 0.148. The summed E-state index contributed by atoms with van der Waals surface area (Å²) in [5.41, 5.74) is 0. The Kier molecular flexibility index (Phi) is 5.64. The van der Waals surface area contributed by atoms with Crippen LogP contribution in [0, 0.1) is 5.92 Å². The van der Waals surface area contributed by atoms with Gasteiger partial charge in [0.05, 0.1) is 6.10 Å². The van der Waals surface area contributed by atoms with E-state index in [0.29, 0.717) is 5.92 Å². The number of methoxy groups -OCH3 is 1. The first-order valence-corrected chi connectivity index (χ1v) is 3.87. The summed E-state index contributed by atoms with van der Waals surface area (Å²) in [4.78, 5) is 0. The molecule has 0 radical (unpaired) electrons. The molecule has 2 nitrogen and oxygen atoms in total. The molecular weight excluding hydrogens is 128 g/mol. The number of aliphatic hydroxyl groups excluding tert-OH is 1. The lowest BCUT2D eigenvalue weighted by molar-refractivity contribution is 0.0994. The van der Waals surface area contributed by atoms with Gasteiger partial charge in [-0.1, -0.05) is 13.8 Å². The van der Waals surface area contributed by atoms with Gasteiger partial charge in [-0.15, -0.1) is 0 Å². The Balaban J connectivity index is 3.27. The SMILES string of the molecule is CCC(O)CC(C)COC. The van der Waals surface area contributed by atoms with Crippen LogP contribution in [0.5, 0.6) is 0 Å². The summed E-state index contributed by atoms with van der Waals surface area (Å²) in [5, 5.41) is 9.20. The molecule has 0 aliphatic carbocycles. The van der Waals surface area contributed by atoms with E-state index in [9.17, 15) is 5.11 Å². The Morgan fingerprint density at radius 1 is 1.50 bits per heavy atom. The molecule has 0 spiro atoms. The standard InChI is InChI=1S/C8H18O2/c1-4-8(9)5-7(2)6-10-3/h7-9H,4-6H2,1-3H3. The monoisotopic (exact) mass is 146 g/mol. The minimum Gasteiger partial charge on any atom is -0.393 e. The highest BCUT2D eigenvalue weighted by Gasteiger charge is 2.07. The van der Waals surface area contributed by atoms with Crippen molar-refractivity contribution in [2.24, 2.45) is 5.92 Å². The third-order valence-electron chi connectivity index (χ3n) is 1.60. The van der Waals surface area contributed by atoms with Gasteiger partial charge in [0.15, 0.2) is 0 Å². The van der Waals surface area contributed by atoms with Crippen molar-refractivity contribution in [3.8, 4) is 0 Å². The van der Waals surface area contributed by atoms with Crippen molar-refractivity contribution in [3.05, 3.63) is 0 Å². The highest BCUT2D eigenvalue weighted by Crippen LogP contribution is 2.07. The number of ether oxygens (including phenoxy) is 1. The van der Waals surface area contributed by atoms with Crippen molar-refractivity contribution in [1.82, 2.24) is 0 Å². The molecule has 62 valence electrons. The van der Waals surface area contributed by atoms with Crippen molar-refractivity contribution in [2.75, 3.05) is 13.7 Å². The van der Waals surface area contributed by atoms with Gasteiger partial charge < -0.3 is 9.84 Å². The summed E-state index contributed by atoms with van der Waals surface area (Å²) >= 11 is 0. The molecule has 1 N–H and O–H groups in total. The third-order valence-corrected chi connectivity index (χ3v) is 1.60. The van der Waals surface area contributed by atoms with Crippen LogP contribution in [0.15, 0.2) is 0 Å². The van der Waals surface area contributed by atoms with Crippen LogP contribution >= 0.6 is 0 Å². The van der Waals surface area contributed by atoms with Gasteiger partial charge in [-0.2, -0.15) is 0 Å². The fourth-order valence-electron chi connectivity index (χ4n) is 0.984. The number of hydrogen-bond acceptors (Lipinski definition) is 2. The van der Waals surface area contributed by atoms with Gasteiger partial charge in [0.25, 0.3) is 0 Å². The normalized spacial score (nSPS) is 16.8. The van der Waals surface area contributed by atoms with Crippen LogP contribution in [-0.4, -0.2) is 24.9 Å². The van der Waals surface area contributed by atoms with Crippen LogP contribution < -0.4 is 0 Å². The van der Waals surface area contributed by atoms with Gasteiger partial charge >= 0.3 is 0 Å². The zero-order valence-electron chi connectivity index (χ0n) is 7.13. The number of aliphatic hydroxyl groups is 1. The van der Waals surface area contributed by atoms with Gasteiger partial charge in [0.2, 0.25) is 0 Å². The number of rotatable bonds is 5. The lowest BCUT2D eigenvalue weighted by atomic mass is 10.0. The molecule has 2 atom stereocenters. The third kappa shape index (κ3) is 4.77. The van der Waals surface area contributed by atoms with Crippen LogP contribution in [0.25, 0.3) is 0 Å². The van der Waals surface area contributed by atoms with Crippen LogP contribution in [0.2, 0.25) is 0 Å². The maximum atomic E-state index is 9.20. The molecule has 0 aliphatic rings. The Hall–Kier alpha value is -0.0800. The molecule has 0 aromatic rings. The van der Waals surface area contributed by atoms with E-state index in [1.54, 1.807) is 7.11 Å². The van der Waals surface area contributed by atoms with E-state index in [1.165, 1.54) is 0 Å². The fourth-order valence-corrected chi connectivity index (χ4v) is 0.984. The topological polar surface area (TPSA) is 29.5 Å². The smallest absolute Gasteiger partial charge is 0.0541 e. The van der Waals surface area contributed by atoms with Crippen LogP contribution in [-0.2, 0) is 4.74 Å². The largest absolute Gasteiger partial charge is 0.393 e. The molecule has 2 heteroatoms. The molecule has 0 saturated heterocycles. The summed E-state index contributed by atoms with van der Waals surface area (Å²) in [5.74, 6) is 0.472. The predicted molar refractivity (Wildman–Crippen MR) is 42.0 cm³/mol. The molecule has 0 heterocycles. The second-order valence-corrected chi connectivity index (χ2v) is 2.86. The van der Waals surface area contributed by atoms with Crippen molar-refractivity contribution < 1.29 is 9.84 Å². The molecule has 10 heavy (non-hydrogen) atoms. The van der Waals surface area contributed by atoms with Gasteiger partial charge in [-0.25, -0.2) is 0 Å². The maximum Gasteiger partial charge on any atom is 0.0541 e. The molecule has 0 bridgehead atoms. The molecule has 0 amide bonds. The van der Waals surface area contributed by atoms with Gasteiger partial charge in [-0.05, 0) is 18.8 Å². The van der Waals surface area contributed by atoms with Crippen molar-refractivity contribution in [2.45, 2.75) is 32.8 Å². The second-order valence-electron chi connectivity index (χ2n) is 2.86. The lowest BCUT2D eigenvalue weighted by Gasteiger charge is -2.13.